The lowest BCUT2D eigenvalue weighted by atomic mass is 10.1. The van der Waals surface area contributed by atoms with Crippen LogP contribution in [-0.2, 0) is 16.1 Å². The zero-order valence-corrected chi connectivity index (χ0v) is 12.2. The molecule has 1 aliphatic rings. The molecule has 1 aromatic carbocycles. The maximum Gasteiger partial charge on any atom is 0.305 e. The molecule has 1 heterocycles. The SMILES string of the molecule is CCC(=O)OC1CCN(Cc2ccccc2)CC1.Cl. The molecule has 0 spiro atoms. The van der Waals surface area contributed by atoms with E-state index in [0.29, 0.717) is 6.42 Å². The second kappa shape index (κ2) is 8.18. The molecule has 19 heavy (non-hydrogen) atoms. The van der Waals surface area contributed by atoms with Gasteiger partial charge in [-0.2, -0.15) is 0 Å². The molecule has 1 aromatic rings. The summed E-state index contributed by atoms with van der Waals surface area (Å²) < 4.78 is 5.37. The van der Waals surface area contributed by atoms with E-state index < -0.39 is 0 Å². The largest absolute Gasteiger partial charge is 0.462 e. The van der Waals surface area contributed by atoms with Crippen molar-refractivity contribution in [1.29, 1.82) is 0 Å². The number of nitrogens with zero attached hydrogens (tertiary/aromatic N) is 1. The van der Waals surface area contributed by atoms with Crippen LogP contribution in [0.4, 0.5) is 0 Å². The van der Waals surface area contributed by atoms with Crippen LogP contribution in [0.5, 0.6) is 0 Å². The first-order valence-electron chi connectivity index (χ1n) is 6.73. The highest BCUT2D eigenvalue weighted by atomic mass is 35.5. The van der Waals surface area contributed by atoms with Crippen LogP contribution >= 0.6 is 12.4 Å². The molecular formula is C15H22ClNO2. The van der Waals surface area contributed by atoms with E-state index in [9.17, 15) is 4.79 Å². The summed E-state index contributed by atoms with van der Waals surface area (Å²) in [7, 11) is 0. The summed E-state index contributed by atoms with van der Waals surface area (Å²) in [5, 5.41) is 0. The quantitative estimate of drug-likeness (QED) is 0.796. The fourth-order valence-corrected chi connectivity index (χ4v) is 2.30. The van der Waals surface area contributed by atoms with Gasteiger partial charge in [-0.1, -0.05) is 37.3 Å². The Bertz CT molecular complexity index is 375. The van der Waals surface area contributed by atoms with Gasteiger partial charge in [0.05, 0.1) is 0 Å². The van der Waals surface area contributed by atoms with Gasteiger partial charge in [-0.05, 0) is 18.4 Å². The van der Waals surface area contributed by atoms with Gasteiger partial charge in [0.15, 0.2) is 0 Å². The van der Waals surface area contributed by atoms with Crippen LogP contribution in [0.1, 0.15) is 31.7 Å². The van der Waals surface area contributed by atoms with Crippen LogP contribution in [-0.4, -0.2) is 30.1 Å². The molecule has 2 rings (SSSR count). The Morgan fingerprint density at radius 2 is 1.89 bits per heavy atom. The Balaban J connectivity index is 0.00000180. The van der Waals surface area contributed by atoms with E-state index in [-0.39, 0.29) is 24.5 Å². The van der Waals surface area contributed by atoms with Gasteiger partial charge in [-0.25, -0.2) is 0 Å². The van der Waals surface area contributed by atoms with Crippen molar-refractivity contribution in [2.45, 2.75) is 38.8 Å². The van der Waals surface area contributed by atoms with Crippen molar-refractivity contribution >= 4 is 18.4 Å². The molecule has 106 valence electrons. The van der Waals surface area contributed by atoms with Gasteiger partial charge in [0, 0.05) is 26.1 Å². The predicted octanol–water partition coefficient (Wildman–Crippen LogP) is 3.03. The molecule has 0 atom stereocenters. The lowest BCUT2D eigenvalue weighted by Crippen LogP contribution is -2.37. The van der Waals surface area contributed by atoms with Gasteiger partial charge < -0.3 is 4.74 Å². The van der Waals surface area contributed by atoms with Gasteiger partial charge in [-0.15, -0.1) is 12.4 Å². The van der Waals surface area contributed by atoms with Crippen molar-refractivity contribution in [3.8, 4) is 0 Å². The van der Waals surface area contributed by atoms with E-state index in [1.807, 2.05) is 13.0 Å². The van der Waals surface area contributed by atoms with Crippen LogP contribution in [0.15, 0.2) is 30.3 Å². The van der Waals surface area contributed by atoms with Crippen molar-refractivity contribution in [2.75, 3.05) is 13.1 Å². The van der Waals surface area contributed by atoms with Crippen LogP contribution in [0.3, 0.4) is 0 Å². The van der Waals surface area contributed by atoms with E-state index in [0.717, 1.165) is 32.5 Å². The fourth-order valence-electron chi connectivity index (χ4n) is 2.30. The maximum atomic E-state index is 11.2. The molecule has 0 saturated carbocycles. The standard InChI is InChI=1S/C15H21NO2.ClH/c1-2-15(17)18-14-8-10-16(11-9-14)12-13-6-4-3-5-7-13;/h3-7,14H,2,8-12H2,1H3;1H. The molecule has 0 unspecified atom stereocenters. The monoisotopic (exact) mass is 283 g/mol. The minimum atomic E-state index is -0.0727. The summed E-state index contributed by atoms with van der Waals surface area (Å²) in [6.45, 7) is 4.86. The average Bonchev–Trinajstić information content (AvgIpc) is 2.42. The number of halogens is 1. The Labute approximate surface area is 121 Å². The summed E-state index contributed by atoms with van der Waals surface area (Å²) in [5.74, 6) is -0.0727. The van der Waals surface area contributed by atoms with E-state index in [1.165, 1.54) is 5.56 Å². The first-order chi connectivity index (χ1) is 8.78. The fraction of sp³-hybridized carbons (Fsp3) is 0.533. The summed E-state index contributed by atoms with van der Waals surface area (Å²) >= 11 is 0. The van der Waals surface area contributed by atoms with Crippen LogP contribution < -0.4 is 0 Å². The number of piperidine rings is 1. The summed E-state index contributed by atoms with van der Waals surface area (Å²) in [6.07, 6.45) is 2.52. The normalized spacial score (nSPS) is 16.7. The Morgan fingerprint density at radius 3 is 2.47 bits per heavy atom. The maximum absolute atomic E-state index is 11.2. The lowest BCUT2D eigenvalue weighted by molar-refractivity contribution is -0.150. The van der Waals surface area contributed by atoms with Crippen LogP contribution in [0, 0.1) is 0 Å². The summed E-state index contributed by atoms with van der Waals surface area (Å²) in [6, 6.07) is 10.5. The molecule has 0 radical (unpaired) electrons. The molecule has 4 heteroatoms. The van der Waals surface area contributed by atoms with Crippen molar-refractivity contribution < 1.29 is 9.53 Å². The van der Waals surface area contributed by atoms with Crippen LogP contribution in [0.2, 0.25) is 0 Å². The Kier molecular flexibility index (Phi) is 6.89. The number of hydrogen-bond donors (Lipinski definition) is 0. The van der Waals surface area contributed by atoms with E-state index >= 15 is 0 Å². The smallest absolute Gasteiger partial charge is 0.305 e. The Morgan fingerprint density at radius 1 is 1.26 bits per heavy atom. The molecule has 1 fully saturated rings. The second-order valence-electron chi connectivity index (χ2n) is 4.80. The molecule has 0 bridgehead atoms. The molecule has 0 N–H and O–H groups in total. The minimum absolute atomic E-state index is 0. The number of esters is 1. The molecule has 0 aliphatic carbocycles. The summed E-state index contributed by atoms with van der Waals surface area (Å²) in [4.78, 5) is 13.6. The number of rotatable bonds is 4. The number of carbonyl (C=O) groups is 1. The topological polar surface area (TPSA) is 29.5 Å². The number of likely N-dealkylation sites (tertiary alicyclic amines) is 1. The summed E-state index contributed by atoms with van der Waals surface area (Å²) in [5.41, 5.74) is 1.35. The zero-order chi connectivity index (χ0) is 12.8. The van der Waals surface area contributed by atoms with Crippen molar-refractivity contribution in [3.63, 3.8) is 0 Å². The van der Waals surface area contributed by atoms with Gasteiger partial charge in [0.25, 0.3) is 0 Å². The van der Waals surface area contributed by atoms with Gasteiger partial charge >= 0.3 is 5.97 Å². The highest BCUT2D eigenvalue weighted by Crippen LogP contribution is 2.16. The third-order valence-corrected chi connectivity index (χ3v) is 3.37. The second-order valence-corrected chi connectivity index (χ2v) is 4.80. The number of ether oxygens (including phenoxy) is 1. The highest BCUT2D eigenvalue weighted by Gasteiger charge is 2.21. The van der Waals surface area contributed by atoms with E-state index in [4.69, 9.17) is 4.74 Å². The van der Waals surface area contributed by atoms with Gasteiger partial charge in [0.1, 0.15) is 6.10 Å². The van der Waals surface area contributed by atoms with E-state index in [2.05, 4.69) is 29.2 Å². The molecule has 0 amide bonds. The van der Waals surface area contributed by atoms with E-state index in [1.54, 1.807) is 0 Å². The first kappa shape index (κ1) is 16.0. The van der Waals surface area contributed by atoms with Crippen molar-refractivity contribution in [3.05, 3.63) is 35.9 Å². The average molecular weight is 284 g/mol. The molecule has 1 saturated heterocycles. The Hall–Kier alpha value is -1.06. The molecule has 3 nitrogen and oxygen atoms in total. The van der Waals surface area contributed by atoms with Crippen molar-refractivity contribution in [1.82, 2.24) is 4.90 Å². The minimum Gasteiger partial charge on any atom is -0.462 e. The molecule has 0 aromatic heterocycles. The zero-order valence-electron chi connectivity index (χ0n) is 11.4. The number of benzene rings is 1. The molecular weight excluding hydrogens is 262 g/mol. The predicted molar refractivity (Wildman–Crippen MR) is 78.4 cm³/mol. The van der Waals surface area contributed by atoms with Crippen molar-refractivity contribution in [2.24, 2.45) is 0 Å². The third-order valence-electron chi connectivity index (χ3n) is 3.37. The third kappa shape index (κ3) is 5.21. The van der Waals surface area contributed by atoms with Gasteiger partial charge in [0.2, 0.25) is 0 Å². The lowest BCUT2D eigenvalue weighted by Gasteiger charge is -2.31. The molecule has 1 aliphatic heterocycles. The van der Waals surface area contributed by atoms with Gasteiger partial charge in [-0.3, -0.25) is 9.69 Å². The van der Waals surface area contributed by atoms with Crippen LogP contribution in [0.25, 0.3) is 0 Å². The first-order valence-corrected chi connectivity index (χ1v) is 6.73. The number of carbonyl (C=O) groups excluding carboxylic acids is 1. The number of hydrogen-bond acceptors (Lipinski definition) is 3. The highest BCUT2D eigenvalue weighted by molar-refractivity contribution is 5.85.